The summed E-state index contributed by atoms with van der Waals surface area (Å²) >= 11 is 0. The zero-order chi connectivity index (χ0) is 21.7. The second kappa shape index (κ2) is 5.08. The van der Waals surface area contributed by atoms with E-state index in [0.29, 0.717) is 0 Å². The van der Waals surface area contributed by atoms with Crippen LogP contribution >= 0.6 is 0 Å². The molecule has 16 heavy (non-hydrogen) atoms. The number of hydrogen-bond donors (Lipinski definition) is 0. The van der Waals surface area contributed by atoms with E-state index in [0.717, 1.165) is 0 Å². The first-order valence-corrected chi connectivity index (χ1v) is 4.20. The van der Waals surface area contributed by atoms with Gasteiger partial charge in [0.05, 0.1) is 16.4 Å². The third-order valence-electron chi connectivity index (χ3n) is 1.53. The van der Waals surface area contributed by atoms with E-state index in [1.165, 1.54) is 0 Å². The Morgan fingerprint density at radius 3 is 2.19 bits per heavy atom. The summed E-state index contributed by atoms with van der Waals surface area (Å²) in [4.78, 5) is 12.6. The largest absolute Gasteiger partial charge is 0.289 e. The van der Waals surface area contributed by atoms with E-state index >= 15 is 0 Å². The molecule has 0 atom stereocenters. The number of benzene rings is 2. The van der Waals surface area contributed by atoms with Crippen LogP contribution in [0.15, 0.2) is 66.5 Å². The third-order valence-corrected chi connectivity index (χ3v) is 1.53. The van der Waals surface area contributed by atoms with Crippen LogP contribution in [-0.2, 0) is 0 Å². The molecule has 78 valence electrons. The monoisotopic (exact) mass is 220 g/mol. The molecule has 0 radical (unpaired) electrons. The maximum atomic E-state index is 12.6. The molecule has 0 aliphatic carbocycles. The normalized spacial score (nSPS) is 22.2. The minimum atomic E-state index is -1.39. The van der Waals surface area contributed by atoms with E-state index in [1.54, 1.807) is 0 Å². The maximum Gasteiger partial charge on any atom is 0.185 e. The molecule has 0 bridgehead atoms. The third kappa shape index (κ3) is 2.67. The molecule has 2 aromatic carbocycles. The molecule has 0 aliphatic rings. The number of carbonyl (C=O) groups excluding carboxylic acids is 1. The van der Waals surface area contributed by atoms with Gasteiger partial charge in [-0.1, -0.05) is 66.5 Å². The van der Waals surface area contributed by atoms with Crippen molar-refractivity contribution in [2.45, 2.75) is 0 Å². The summed E-state index contributed by atoms with van der Waals surface area (Å²) in [6.07, 6.45) is 0. The Kier molecular flexibility index (Phi) is 1.01. The second-order valence-electron chi connectivity index (χ2n) is 2.58. The lowest BCUT2D eigenvalue weighted by atomic mass is 10.1. The number of ketones is 1. The number of allylic oxidation sites excluding steroid dienone is 1. The zero-order valence-electron chi connectivity index (χ0n) is 19.9. The first-order valence-electron chi connectivity index (χ1n) is 10.2. The molecule has 2 rings (SSSR count). The molecule has 0 aliphatic heterocycles. The van der Waals surface area contributed by atoms with Crippen LogP contribution in [0.3, 0.4) is 0 Å². The Balaban J connectivity index is 2.79. The van der Waals surface area contributed by atoms with Gasteiger partial charge in [0.1, 0.15) is 0 Å². The molecule has 0 saturated heterocycles. The van der Waals surface area contributed by atoms with Gasteiger partial charge in [-0.25, -0.2) is 0 Å². The Morgan fingerprint density at radius 1 is 1.00 bits per heavy atom. The summed E-state index contributed by atoms with van der Waals surface area (Å²) in [6.45, 7) is 0. The van der Waals surface area contributed by atoms with Crippen molar-refractivity contribution in [3.63, 3.8) is 0 Å². The van der Waals surface area contributed by atoms with E-state index in [4.69, 9.17) is 16.4 Å². The van der Waals surface area contributed by atoms with E-state index in [1.807, 2.05) is 0 Å². The van der Waals surface area contributed by atoms with Gasteiger partial charge in [-0.2, -0.15) is 0 Å². The quantitative estimate of drug-likeness (QED) is 0.570. The number of carbonyl (C=O) groups is 1. The van der Waals surface area contributed by atoms with E-state index in [2.05, 4.69) is 0 Å². The van der Waals surface area contributed by atoms with Crippen molar-refractivity contribution in [1.82, 2.24) is 0 Å². The minimum absolute atomic E-state index is 0.697. The fourth-order valence-corrected chi connectivity index (χ4v) is 0.858. The Bertz CT molecular complexity index is 998. The highest BCUT2D eigenvalue weighted by atomic mass is 16.1. The molecule has 0 spiro atoms. The summed E-state index contributed by atoms with van der Waals surface area (Å²) in [5.74, 6) is -1.39. The topological polar surface area (TPSA) is 17.1 Å². The lowest BCUT2D eigenvalue weighted by molar-refractivity contribution is 0.104. The number of rotatable bonds is 3. The van der Waals surface area contributed by atoms with Gasteiger partial charge in [-0.15, -0.1) is 0 Å². The highest BCUT2D eigenvalue weighted by molar-refractivity contribution is 6.06. The SMILES string of the molecule is [2H]/C(C(=O)c1c([2H])c([2H])c([2H])c([2H])c1[2H])=C(/[2H])c1c([2H])c([2H])c([2H])c([2H])c1[2H]. The molecule has 0 saturated carbocycles. The smallest absolute Gasteiger partial charge is 0.185 e. The standard InChI is InChI=1S/C15H12O/c16-15(14-9-5-2-6-10-14)12-11-13-7-3-1-4-8-13/h1-12H/b12-11+/i1D,2D,3D,4D,5D,6D,7D,8D,9D,10D,11D,12D. The van der Waals surface area contributed by atoms with Gasteiger partial charge in [0.25, 0.3) is 0 Å². The van der Waals surface area contributed by atoms with Crippen LogP contribution < -0.4 is 0 Å². The van der Waals surface area contributed by atoms with Crippen LogP contribution in [0.4, 0.5) is 0 Å². The van der Waals surface area contributed by atoms with Crippen molar-refractivity contribution in [3.8, 4) is 0 Å². The molecule has 0 N–H and O–H groups in total. The average molecular weight is 220 g/mol. The Hall–Kier alpha value is -2.15. The fourth-order valence-electron chi connectivity index (χ4n) is 0.858. The van der Waals surface area contributed by atoms with Crippen molar-refractivity contribution in [2.24, 2.45) is 0 Å². The predicted molar refractivity (Wildman–Crippen MR) is 66.2 cm³/mol. The molecule has 2 aromatic rings. The van der Waals surface area contributed by atoms with Crippen LogP contribution in [0.1, 0.15) is 32.4 Å². The van der Waals surface area contributed by atoms with Gasteiger partial charge in [0.2, 0.25) is 0 Å². The summed E-state index contributed by atoms with van der Waals surface area (Å²) in [5.41, 5.74) is -1.54. The van der Waals surface area contributed by atoms with E-state index in [9.17, 15) is 4.79 Å². The van der Waals surface area contributed by atoms with Gasteiger partial charge in [0.15, 0.2) is 5.78 Å². The van der Waals surface area contributed by atoms with Gasteiger partial charge >= 0.3 is 0 Å². The average Bonchev–Trinajstić information content (AvgIpc) is 2.67. The van der Waals surface area contributed by atoms with E-state index in [-0.39, 0.29) is 0 Å². The summed E-state index contributed by atoms with van der Waals surface area (Å²) in [6, 6.07) is -10.1. The summed E-state index contributed by atoms with van der Waals surface area (Å²) in [5, 5.41) is 0. The lowest BCUT2D eigenvalue weighted by Gasteiger charge is -1.94. The molecule has 0 unspecified atom stereocenters. The van der Waals surface area contributed by atoms with Crippen LogP contribution in [-0.4, -0.2) is 5.78 Å². The summed E-state index contributed by atoms with van der Waals surface area (Å²) in [7, 11) is 0. The van der Waals surface area contributed by atoms with Crippen molar-refractivity contribution in [2.75, 3.05) is 0 Å². The molecule has 0 fully saturated rings. The van der Waals surface area contributed by atoms with Gasteiger partial charge in [0, 0.05) is 5.56 Å². The first-order chi connectivity index (χ1) is 12.8. The Labute approximate surface area is 112 Å². The zero-order valence-corrected chi connectivity index (χ0v) is 7.91. The van der Waals surface area contributed by atoms with Gasteiger partial charge < -0.3 is 0 Å². The lowest BCUT2D eigenvalue weighted by Crippen LogP contribution is -1.92. The molecule has 0 aromatic heterocycles. The van der Waals surface area contributed by atoms with Crippen molar-refractivity contribution >= 4 is 11.8 Å². The highest BCUT2D eigenvalue weighted by Gasteiger charge is 1.98. The molecular weight excluding hydrogens is 196 g/mol. The highest BCUT2D eigenvalue weighted by Crippen LogP contribution is 2.05. The van der Waals surface area contributed by atoms with Crippen LogP contribution in [0.2, 0.25) is 0 Å². The van der Waals surface area contributed by atoms with Gasteiger partial charge in [-0.05, 0) is 11.6 Å². The predicted octanol–water partition coefficient (Wildman–Crippen LogP) is 3.58. The van der Waals surface area contributed by atoms with Gasteiger partial charge in [-0.3, -0.25) is 4.79 Å². The minimum Gasteiger partial charge on any atom is -0.289 e. The maximum absolute atomic E-state index is 12.6. The fraction of sp³-hybridized carbons (Fsp3) is 0. The number of hydrogen-bond acceptors (Lipinski definition) is 1. The molecule has 0 amide bonds. The van der Waals surface area contributed by atoms with Crippen molar-refractivity contribution < 1.29 is 21.2 Å². The molecule has 1 nitrogen and oxygen atoms in total. The van der Waals surface area contributed by atoms with Crippen LogP contribution in [0.25, 0.3) is 6.05 Å². The van der Waals surface area contributed by atoms with Crippen LogP contribution in [0, 0.1) is 0 Å². The van der Waals surface area contributed by atoms with Crippen molar-refractivity contribution in [3.05, 3.63) is 77.6 Å². The Morgan fingerprint density at radius 2 is 1.56 bits per heavy atom. The van der Waals surface area contributed by atoms with Crippen molar-refractivity contribution in [1.29, 1.82) is 0 Å². The van der Waals surface area contributed by atoms with Crippen LogP contribution in [0.5, 0.6) is 0 Å². The van der Waals surface area contributed by atoms with E-state index < -0.39 is 89.4 Å². The first kappa shape index (κ1) is 3.17. The second-order valence-corrected chi connectivity index (χ2v) is 2.58. The summed E-state index contributed by atoms with van der Waals surface area (Å²) < 4.78 is 92.4. The molecule has 1 heteroatoms. The molecule has 0 heterocycles. The molecular formula is C15H12O.